The van der Waals surface area contributed by atoms with Gasteiger partial charge in [0.05, 0.1) is 11.8 Å². The average Bonchev–Trinajstić information content (AvgIpc) is 2.76. The lowest BCUT2D eigenvalue weighted by molar-refractivity contribution is -0.137. The summed E-state index contributed by atoms with van der Waals surface area (Å²) in [5.74, 6) is 0. The highest BCUT2D eigenvalue weighted by Gasteiger charge is 2.32. The second kappa shape index (κ2) is 6.78. The fourth-order valence-electron chi connectivity index (χ4n) is 1.87. The lowest BCUT2D eigenvalue weighted by Crippen LogP contribution is -2.28. The molecule has 1 N–H and O–H groups in total. The van der Waals surface area contributed by atoms with Crippen LogP contribution in [0.25, 0.3) is 0 Å². The van der Waals surface area contributed by atoms with Crippen molar-refractivity contribution in [2.45, 2.75) is 51.9 Å². The molecule has 1 rings (SSSR count). The fourth-order valence-corrected chi connectivity index (χ4v) is 1.87. The van der Waals surface area contributed by atoms with Crippen molar-refractivity contribution < 1.29 is 13.2 Å². The first-order chi connectivity index (χ1) is 8.47. The smallest absolute Gasteiger partial charge is 0.314 e. The van der Waals surface area contributed by atoms with Gasteiger partial charge in [-0.25, -0.2) is 0 Å². The molecule has 1 heterocycles. The Morgan fingerprint density at radius 1 is 1.39 bits per heavy atom. The maximum Gasteiger partial charge on any atom is 0.419 e. The van der Waals surface area contributed by atoms with E-state index in [0.717, 1.165) is 38.2 Å². The van der Waals surface area contributed by atoms with E-state index in [4.69, 9.17) is 0 Å². The Bertz CT molecular complexity index is 347. The topological polar surface area (TPSA) is 29.9 Å². The molecule has 0 aliphatic heterocycles. The summed E-state index contributed by atoms with van der Waals surface area (Å²) in [6.07, 6.45) is 0.445. The first kappa shape index (κ1) is 15.0. The molecule has 18 heavy (non-hydrogen) atoms. The van der Waals surface area contributed by atoms with Crippen molar-refractivity contribution in [3.8, 4) is 0 Å². The summed E-state index contributed by atoms with van der Waals surface area (Å²) in [5, 5.41) is 7.07. The van der Waals surface area contributed by atoms with Crippen LogP contribution in [0.15, 0.2) is 12.4 Å². The number of aryl methyl sites for hydroxylation is 1. The highest BCUT2D eigenvalue weighted by atomic mass is 19.4. The molecule has 0 radical (unpaired) electrons. The zero-order valence-electron chi connectivity index (χ0n) is 10.8. The molecule has 0 saturated heterocycles. The predicted molar refractivity (Wildman–Crippen MR) is 64.2 cm³/mol. The molecule has 0 spiro atoms. The first-order valence-electron chi connectivity index (χ1n) is 6.30. The van der Waals surface area contributed by atoms with Crippen LogP contribution in [-0.4, -0.2) is 22.4 Å². The molecule has 0 bridgehead atoms. The quantitative estimate of drug-likeness (QED) is 0.819. The van der Waals surface area contributed by atoms with Crippen LogP contribution >= 0.6 is 0 Å². The number of aromatic nitrogens is 2. The van der Waals surface area contributed by atoms with Gasteiger partial charge in [-0.15, -0.1) is 0 Å². The monoisotopic (exact) mass is 263 g/mol. The van der Waals surface area contributed by atoms with E-state index in [1.54, 1.807) is 0 Å². The van der Waals surface area contributed by atoms with Crippen LogP contribution in [0.3, 0.4) is 0 Å². The molecule has 0 fully saturated rings. The number of nitrogens with zero attached hydrogens (tertiary/aromatic N) is 2. The highest BCUT2D eigenvalue weighted by molar-refractivity contribution is 5.08. The molecule has 1 aromatic rings. The third-order valence-electron chi connectivity index (χ3n) is 2.89. The molecule has 0 aliphatic carbocycles. The van der Waals surface area contributed by atoms with Crippen LogP contribution in [0, 0.1) is 0 Å². The number of hydrogen-bond acceptors (Lipinski definition) is 2. The van der Waals surface area contributed by atoms with Gasteiger partial charge in [-0.05, 0) is 25.8 Å². The van der Waals surface area contributed by atoms with Crippen molar-refractivity contribution in [1.29, 1.82) is 0 Å². The standard InChI is InChI=1S/C12H20F3N3/c1-3-11(16-4-2)6-5-7-18-9-10(8-17-18)12(13,14)15/h8-9,11,16H,3-7H2,1-2H3. The number of rotatable bonds is 7. The molecular weight excluding hydrogens is 243 g/mol. The molecule has 0 amide bonds. The molecule has 0 aliphatic rings. The molecule has 1 unspecified atom stereocenters. The molecule has 3 nitrogen and oxygen atoms in total. The number of hydrogen-bond donors (Lipinski definition) is 1. The van der Waals surface area contributed by atoms with Crippen molar-refractivity contribution in [2.75, 3.05) is 6.54 Å². The van der Waals surface area contributed by atoms with Crippen molar-refractivity contribution in [3.63, 3.8) is 0 Å². The Kier molecular flexibility index (Phi) is 5.65. The minimum absolute atomic E-state index is 0.438. The van der Waals surface area contributed by atoms with Crippen LogP contribution < -0.4 is 5.32 Å². The largest absolute Gasteiger partial charge is 0.419 e. The van der Waals surface area contributed by atoms with Crippen LogP contribution in [0.1, 0.15) is 38.7 Å². The van der Waals surface area contributed by atoms with E-state index in [-0.39, 0.29) is 0 Å². The van der Waals surface area contributed by atoms with Gasteiger partial charge in [-0.2, -0.15) is 18.3 Å². The fraction of sp³-hybridized carbons (Fsp3) is 0.750. The zero-order chi connectivity index (χ0) is 13.6. The van der Waals surface area contributed by atoms with E-state index in [1.165, 1.54) is 4.68 Å². The van der Waals surface area contributed by atoms with Crippen molar-refractivity contribution in [3.05, 3.63) is 18.0 Å². The number of alkyl halides is 3. The van der Waals surface area contributed by atoms with E-state index in [0.29, 0.717) is 12.6 Å². The molecule has 6 heteroatoms. The third-order valence-corrected chi connectivity index (χ3v) is 2.89. The molecular formula is C12H20F3N3. The van der Waals surface area contributed by atoms with Gasteiger partial charge in [0, 0.05) is 18.8 Å². The van der Waals surface area contributed by atoms with Gasteiger partial charge in [0.15, 0.2) is 0 Å². The normalized spacial score (nSPS) is 13.8. The predicted octanol–water partition coefficient (Wildman–Crippen LogP) is 3.07. The molecule has 1 atom stereocenters. The van der Waals surface area contributed by atoms with Gasteiger partial charge in [-0.3, -0.25) is 4.68 Å². The number of nitrogens with one attached hydrogen (secondary N) is 1. The Labute approximate surface area is 105 Å². The van der Waals surface area contributed by atoms with E-state index >= 15 is 0 Å². The summed E-state index contributed by atoms with van der Waals surface area (Å²) in [5.41, 5.74) is -0.679. The van der Waals surface area contributed by atoms with E-state index in [1.807, 2.05) is 6.92 Å². The lowest BCUT2D eigenvalue weighted by atomic mass is 10.1. The minimum Gasteiger partial charge on any atom is -0.314 e. The second-order valence-electron chi connectivity index (χ2n) is 4.29. The van der Waals surface area contributed by atoms with Crippen LogP contribution in [0.5, 0.6) is 0 Å². The Hall–Kier alpha value is -1.04. The minimum atomic E-state index is -4.30. The van der Waals surface area contributed by atoms with Crippen LogP contribution in [-0.2, 0) is 12.7 Å². The number of halogens is 3. The van der Waals surface area contributed by atoms with Gasteiger partial charge in [0.1, 0.15) is 0 Å². The molecule has 0 aromatic carbocycles. The summed E-state index contributed by atoms with van der Waals surface area (Å²) in [7, 11) is 0. The van der Waals surface area contributed by atoms with Gasteiger partial charge >= 0.3 is 6.18 Å². The van der Waals surface area contributed by atoms with Crippen molar-refractivity contribution >= 4 is 0 Å². The summed E-state index contributed by atoms with van der Waals surface area (Å²) in [4.78, 5) is 0. The van der Waals surface area contributed by atoms with Crippen LogP contribution in [0.2, 0.25) is 0 Å². The van der Waals surface area contributed by atoms with E-state index < -0.39 is 11.7 Å². The summed E-state index contributed by atoms with van der Waals surface area (Å²) >= 11 is 0. The maximum atomic E-state index is 12.3. The molecule has 0 saturated carbocycles. The molecule has 104 valence electrons. The first-order valence-corrected chi connectivity index (χ1v) is 6.30. The lowest BCUT2D eigenvalue weighted by Gasteiger charge is -2.15. The van der Waals surface area contributed by atoms with Crippen molar-refractivity contribution in [2.24, 2.45) is 0 Å². The van der Waals surface area contributed by atoms with Gasteiger partial charge in [0.25, 0.3) is 0 Å². The Morgan fingerprint density at radius 2 is 2.11 bits per heavy atom. The Morgan fingerprint density at radius 3 is 2.61 bits per heavy atom. The van der Waals surface area contributed by atoms with Crippen molar-refractivity contribution in [1.82, 2.24) is 15.1 Å². The summed E-state index contributed by atoms with van der Waals surface area (Å²) < 4.78 is 38.4. The SMILES string of the molecule is CCNC(CC)CCCn1cc(C(F)(F)F)cn1. The second-order valence-corrected chi connectivity index (χ2v) is 4.29. The van der Waals surface area contributed by atoms with E-state index in [9.17, 15) is 13.2 Å². The van der Waals surface area contributed by atoms with Gasteiger partial charge < -0.3 is 5.32 Å². The van der Waals surface area contributed by atoms with E-state index in [2.05, 4.69) is 17.3 Å². The highest BCUT2D eigenvalue weighted by Crippen LogP contribution is 2.28. The Balaban J connectivity index is 2.37. The van der Waals surface area contributed by atoms with Gasteiger partial charge in [0.2, 0.25) is 0 Å². The zero-order valence-corrected chi connectivity index (χ0v) is 10.8. The maximum absolute atomic E-state index is 12.3. The molecule has 1 aromatic heterocycles. The van der Waals surface area contributed by atoms with Gasteiger partial charge in [-0.1, -0.05) is 13.8 Å². The summed E-state index contributed by atoms with van der Waals surface area (Å²) in [6.45, 7) is 5.59. The summed E-state index contributed by atoms with van der Waals surface area (Å²) in [6, 6.07) is 0.438. The van der Waals surface area contributed by atoms with Crippen LogP contribution in [0.4, 0.5) is 13.2 Å². The average molecular weight is 263 g/mol. The third kappa shape index (κ3) is 4.68.